The molecule has 1 amide bonds. The molecule has 10 heteroatoms. The van der Waals surface area contributed by atoms with Gasteiger partial charge in [-0.3, -0.25) is 9.59 Å². The van der Waals surface area contributed by atoms with Crippen molar-refractivity contribution in [1.29, 1.82) is 0 Å². The minimum absolute atomic E-state index is 0.128. The van der Waals surface area contributed by atoms with Crippen LogP contribution >= 0.6 is 0 Å². The molecule has 1 aromatic heterocycles. The summed E-state index contributed by atoms with van der Waals surface area (Å²) in [4.78, 5) is 34.9. The van der Waals surface area contributed by atoms with Crippen LogP contribution in [-0.2, 0) is 43.2 Å². The van der Waals surface area contributed by atoms with Crippen LogP contribution in [0.5, 0.6) is 0 Å². The highest BCUT2D eigenvalue weighted by molar-refractivity contribution is 5.84. The second-order valence-electron chi connectivity index (χ2n) is 13.4. The molecule has 51 heavy (non-hydrogen) atoms. The summed E-state index contributed by atoms with van der Waals surface area (Å²) in [6.07, 6.45) is 0.0548. The lowest BCUT2D eigenvalue weighted by molar-refractivity contribution is -0.137. The number of hydrogen-bond donors (Lipinski definition) is 1. The third kappa shape index (κ3) is 8.73. The monoisotopic (exact) mass is 701 g/mol. The number of nitrogens with zero attached hydrogens (tertiary/aromatic N) is 2. The highest BCUT2D eigenvalue weighted by atomic mass is 19.4. The molecule has 5 nitrogen and oxygen atoms in total. The third-order valence-electron chi connectivity index (χ3n) is 9.74. The normalized spacial score (nSPS) is 13.6. The molecule has 4 aromatic carbocycles. The van der Waals surface area contributed by atoms with E-state index in [9.17, 15) is 31.5 Å². The van der Waals surface area contributed by atoms with Crippen molar-refractivity contribution in [3.8, 4) is 11.1 Å². The standard InChI is InChI=1S/C41H40F5N3O2/c1-48(26-28-9-12-29(13-10-28)30-14-17-32(18-15-30)41(44,45)46)38(50)25-34-36(20-16-31-7-4-8-35(42)39(31)43)47-37-24-27(11-19-33(37)40(34)51)6-5-23-49-21-2-3-22-49/h4,7-15,17-19,24H,2-3,5-6,16,20-23,25-26H2,1H3,(H,47,51). The van der Waals surface area contributed by atoms with E-state index in [-0.39, 0.29) is 48.3 Å². The van der Waals surface area contributed by atoms with Crippen molar-refractivity contribution in [3.05, 3.63) is 140 Å². The number of aromatic nitrogens is 1. The number of halogens is 5. The number of fused-ring (bicyclic) bond motifs is 1. The van der Waals surface area contributed by atoms with Gasteiger partial charge in [0.25, 0.3) is 0 Å². The van der Waals surface area contributed by atoms with Gasteiger partial charge >= 0.3 is 6.18 Å². The Kier molecular flexibility index (Phi) is 11.0. The molecule has 0 spiro atoms. The molecule has 6 rings (SSSR count). The lowest BCUT2D eigenvalue weighted by Crippen LogP contribution is -2.30. The van der Waals surface area contributed by atoms with Crippen LogP contribution in [0.4, 0.5) is 22.0 Å². The van der Waals surface area contributed by atoms with E-state index < -0.39 is 23.4 Å². The van der Waals surface area contributed by atoms with Gasteiger partial charge in [0.05, 0.1) is 12.0 Å². The minimum Gasteiger partial charge on any atom is -0.358 e. The van der Waals surface area contributed by atoms with Gasteiger partial charge in [-0.25, -0.2) is 8.78 Å². The summed E-state index contributed by atoms with van der Waals surface area (Å²) in [6, 6.07) is 21.9. The number of H-pyrrole nitrogens is 1. The molecule has 0 radical (unpaired) electrons. The highest BCUT2D eigenvalue weighted by Gasteiger charge is 2.30. The van der Waals surface area contributed by atoms with Crippen LogP contribution in [0.25, 0.3) is 22.0 Å². The number of likely N-dealkylation sites (tertiary alicyclic amines) is 1. The first-order valence-electron chi connectivity index (χ1n) is 17.3. The van der Waals surface area contributed by atoms with Gasteiger partial charge in [0, 0.05) is 35.8 Å². The minimum atomic E-state index is -4.41. The first-order valence-corrected chi connectivity index (χ1v) is 17.3. The summed E-state index contributed by atoms with van der Waals surface area (Å²) >= 11 is 0. The summed E-state index contributed by atoms with van der Waals surface area (Å²) < 4.78 is 67.4. The van der Waals surface area contributed by atoms with Crippen molar-refractivity contribution in [2.45, 2.75) is 57.7 Å². The van der Waals surface area contributed by atoms with E-state index in [4.69, 9.17) is 0 Å². The number of aromatic amines is 1. The Morgan fingerprint density at radius 2 is 1.51 bits per heavy atom. The molecule has 0 saturated carbocycles. The molecule has 2 heterocycles. The van der Waals surface area contributed by atoms with Gasteiger partial charge in [0.1, 0.15) is 0 Å². The molecule has 1 saturated heterocycles. The zero-order chi connectivity index (χ0) is 36.1. The fourth-order valence-electron chi connectivity index (χ4n) is 6.80. The van der Waals surface area contributed by atoms with Crippen LogP contribution in [0.1, 0.15) is 52.8 Å². The maximum atomic E-state index is 14.6. The zero-order valence-corrected chi connectivity index (χ0v) is 28.5. The van der Waals surface area contributed by atoms with E-state index in [1.54, 1.807) is 37.4 Å². The van der Waals surface area contributed by atoms with Gasteiger partial charge in [0.2, 0.25) is 5.91 Å². The lowest BCUT2D eigenvalue weighted by Gasteiger charge is -2.19. The Morgan fingerprint density at radius 1 is 0.843 bits per heavy atom. The first kappa shape index (κ1) is 36.0. The summed E-state index contributed by atoms with van der Waals surface area (Å²) in [5.41, 5.74) is 3.89. The van der Waals surface area contributed by atoms with Gasteiger partial charge in [-0.1, -0.05) is 54.6 Å². The number of pyridine rings is 1. The van der Waals surface area contributed by atoms with E-state index in [0.717, 1.165) is 67.4 Å². The number of amides is 1. The van der Waals surface area contributed by atoms with Crippen LogP contribution in [0.3, 0.4) is 0 Å². The molecule has 0 unspecified atom stereocenters. The Bertz CT molecular complexity index is 2050. The van der Waals surface area contributed by atoms with Crippen molar-refractivity contribution >= 4 is 16.8 Å². The summed E-state index contributed by atoms with van der Waals surface area (Å²) in [5, 5.41) is 0.461. The maximum absolute atomic E-state index is 14.6. The topological polar surface area (TPSA) is 56.4 Å². The average molecular weight is 702 g/mol. The van der Waals surface area contributed by atoms with Gasteiger partial charge in [0.15, 0.2) is 17.1 Å². The van der Waals surface area contributed by atoms with Crippen molar-refractivity contribution in [2.24, 2.45) is 0 Å². The molecular formula is C41H40F5N3O2. The number of carbonyl (C=O) groups is 1. The Morgan fingerprint density at radius 3 is 2.20 bits per heavy atom. The second-order valence-corrected chi connectivity index (χ2v) is 13.4. The predicted octanol–water partition coefficient (Wildman–Crippen LogP) is 8.51. The number of likely N-dealkylation sites (N-methyl/N-ethyl adjacent to an activating group) is 1. The number of nitrogens with one attached hydrogen (secondary N) is 1. The van der Waals surface area contributed by atoms with Crippen molar-refractivity contribution in [1.82, 2.24) is 14.8 Å². The largest absolute Gasteiger partial charge is 0.416 e. The van der Waals surface area contributed by atoms with E-state index in [2.05, 4.69) is 9.88 Å². The van der Waals surface area contributed by atoms with Crippen molar-refractivity contribution in [2.75, 3.05) is 26.7 Å². The van der Waals surface area contributed by atoms with E-state index in [0.29, 0.717) is 22.2 Å². The molecule has 0 bridgehead atoms. The van der Waals surface area contributed by atoms with Crippen LogP contribution in [0.15, 0.2) is 89.7 Å². The molecule has 5 aromatic rings. The summed E-state index contributed by atoms with van der Waals surface area (Å²) in [6.45, 7) is 3.53. The molecule has 1 aliphatic heterocycles. The lowest BCUT2D eigenvalue weighted by atomic mass is 9.98. The molecule has 1 aliphatic rings. The molecular weight excluding hydrogens is 661 g/mol. The number of alkyl halides is 3. The number of benzene rings is 4. The fourth-order valence-corrected chi connectivity index (χ4v) is 6.80. The van der Waals surface area contributed by atoms with Gasteiger partial charge in [-0.2, -0.15) is 13.2 Å². The van der Waals surface area contributed by atoms with E-state index in [1.165, 1.54) is 42.0 Å². The van der Waals surface area contributed by atoms with E-state index >= 15 is 0 Å². The maximum Gasteiger partial charge on any atom is 0.416 e. The number of aryl methyl sites for hydroxylation is 3. The highest BCUT2D eigenvalue weighted by Crippen LogP contribution is 2.31. The number of hydrogen-bond acceptors (Lipinski definition) is 3. The quantitative estimate of drug-likeness (QED) is 0.133. The summed E-state index contributed by atoms with van der Waals surface area (Å²) in [7, 11) is 1.64. The Labute approximate surface area is 293 Å². The molecule has 1 N–H and O–H groups in total. The summed E-state index contributed by atoms with van der Waals surface area (Å²) in [5.74, 6) is -2.17. The zero-order valence-electron chi connectivity index (χ0n) is 28.5. The fraction of sp³-hybridized carbons (Fsp3) is 0.317. The molecule has 0 atom stereocenters. The SMILES string of the molecule is CN(Cc1ccc(-c2ccc(C(F)(F)F)cc2)cc1)C(=O)Cc1c(CCc2cccc(F)c2F)[nH]c2cc(CCCN3CCCC3)ccc2c1=O. The molecule has 1 fully saturated rings. The predicted molar refractivity (Wildman–Crippen MR) is 189 cm³/mol. The van der Waals surface area contributed by atoms with Crippen LogP contribution < -0.4 is 5.43 Å². The third-order valence-corrected chi connectivity index (χ3v) is 9.74. The number of carbonyl (C=O) groups excluding carboxylic acids is 1. The van der Waals surface area contributed by atoms with Crippen molar-refractivity contribution in [3.63, 3.8) is 0 Å². The first-order chi connectivity index (χ1) is 24.5. The average Bonchev–Trinajstić information content (AvgIpc) is 3.64. The van der Waals surface area contributed by atoms with Gasteiger partial charge in [-0.15, -0.1) is 0 Å². The van der Waals surface area contributed by atoms with Crippen molar-refractivity contribution < 1.29 is 26.7 Å². The number of rotatable bonds is 12. The molecule has 0 aliphatic carbocycles. The smallest absolute Gasteiger partial charge is 0.358 e. The van der Waals surface area contributed by atoms with Gasteiger partial charge < -0.3 is 14.8 Å². The van der Waals surface area contributed by atoms with Gasteiger partial charge in [-0.05, 0) is 116 Å². The van der Waals surface area contributed by atoms with Crippen LogP contribution in [0, 0.1) is 11.6 Å². The van der Waals surface area contributed by atoms with Crippen LogP contribution in [-0.4, -0.2) is 47.4 Å². The Hall–Kier alpha value is -4.83. The van der Waals surface area contributed by atoms with Crippen LogP contribution in [0.2, 0.25) is 0 Å². The molecule has 266 valence electrons. The van der Waals surface area contributed by atoms with E-state index in [1.807, 2.05) is 12.1 Å². The second kappa shape index (κ2) is 15.6. The Balaban J connectivity index is 1.19.